The zero-order valence-corrected chi connectivity index (χ0v) is 17.6. The Morgan fingerprint density at radius 1 is 0.926 bits per heavy atom. The third-order valence-corrected chi connectivity index (χ3v) is 5.68. The SMILES string of the molecule is COC(=O)c1cc(NS(=O)(=O)c2ccc(OC)c(I)c2)cc(C(=O)OC)c1. The summed E-state index contributed by atoms with van der Waals surface area (Å²) < 4.78 is 42.7. The van der Waals surface area contributed by atoms with Crippen LogP contribution in [0.5, 0.6) is 5.75 Å². The van der Waals surface area contributed by atoms with Crippen molar-refractivity contribution in [3.8, 4) is 5.75 Å². The second kappa shape index (κ2) is 8.57. The molecule has 0 unspecified atom stereocenters. The fraction of sp³-hybridized carbons (Fsp3) is 0.176. The molecule has 0 saturated heterocycles. The maximum atomic E-state index is 12.7. The van der Waals surface area contributed by atoms with Gasteiger partial charge in [-0.1, -0.05) is 0 Å². The molecular formula is C17H16INO7S. The molecule has 27 heavy (non-hydrogen) atoms. The summed E-state index contributed by atoms with van der Waals surface area (Å²) in [5.41, 5.74) is 0.0222. The van der Waals surface area contributed by atoms with E-state index in [9.17, 15) is 18.0 Å². The number of esters is 2. The minimum absolute atomic E-state index is 0.00223. The van der Waals surface area contributed by atoms with Crippen LogP contribution in [0.25, 0.3) is 0 Å². The lowest BCUT2D eigenvalue weighted by molar-refractivity contribution is 0.0599. The van der Waals surface area contributed by atoms with E-state index in [0.29, 0.717) is 9.32 Å². The molecule has 2 rings (SSSR count). The number of rotatable bonds is 6. The van der Waals surface area contributed by atoms with Gasteiger partial charge in [-0.15, -0.1) is 0 Å². The molecule has 0 heterocycles. The molecule has 2 aromatic rings. The zero-order valence-electron chi connectivity index (χ0n) is 14.6. The molecule has 0 aliphatic heterocycles. The van der Waals surface area contributed by atoms with Crippen LogP contribution in [0.3, 0.4) is 0 Å². The fourth-order valence-electron chi connectivity index (χ4n) is 2.19. The van der Waals surface area contributed by atoms with Gasteiger partial charge in [-0.3, -0.25) is 4.72 Å². The van der Waals surface area contributed by atoms with Gasteiger partial charge in [0.1, 0.15) is 5.75 Å². The van der Waals surface area contributed by atoms with Gasteiger partial charge in [0, 0.05) is 0 Å². The average Bonchev–Trinajstić information content (AvgIpc) is 2.65. The number of halogens is 1. The molecule has 8 nitrogen and oxygen atoms in total. The highest BCUT2D eigenvalue weighted by atomic mass is 127. The minimum Gasteiger partial charge on any atom is -0.496 e. The number of ether oxygens (including phenoxy) is 3. The largest absolute Gasteiger partial charge is 0.496 e. The molecule has 0 aliphatic rings. The van der Waals surface area contributed by atoms with Crippen molar-refractivity contribution >= 4 is 50.2 Å². The van der Waals surface area contributed by atoms with Gasteiger partial charge in [0.15, 0.2) is 0 Å². The van der Waals surface area contributed by atoms with Gasteiger partial charge in [0.2, 0.25) is 0 Å². The van der Waals surface area contributed by atoms with Crippen LogP contribution in [0.1, 0.15) is 20.7 Å². The van der Waals surface area contributed by atoms with Gasteiger partial charge in [-0.2, -0.15) is 0 Å². The highest BCUT2D eigenvalue weighted by molar-refractivity contribution is 14.1. The van der Waals surface area contributed by atoms with Crippen LogP contribution in [-0.4, -0.2) is 41.7 Å². The van der Waals surface area contributed by atoms with Crippen molar-refractivity contribution in [1.82, 2.24) is 0 Å². The number of benzene rings is 2. The predicted octanol–water partition coefficient (Wildman–Crippen LogP) is 2.67. The van der Waals surface area contributed by atoms with E-state index in [2.05, 4.69) is 14.2 Å². The smallest absolute Gasteiger partial charge is 0.337 e. The van der Waals surface area contributed by atoms with Crippen molar-refractivity contribution in [3.05, 3.63) is 51.1 Å². The molecule has 0 radical (unpaired) electrons. The molecule has 0 atom stereocenters. The summed E-state index contributed by atoms with van der Waals surface area (Å²) in [6.45, 7) is 0. The standard InChI is InChI=1S/C17H16INO7S/c1-24-15-5-4-13(9-14(15)18)27(22,23)19-12-7-10(16(20)25-2)6-11(8-12)17(21)26-3/h4-9,19H,1-3H3. The van der Waals surface area contributed by atoms with Crippen molar-refractivity contribution in [2.75, 3.05) is 26.1 Å². The van der Waals surface area contributed by atoms with Gasteiger partial charge in [-0.05, 0) is 59.0 Å². The Balaban J connectivity index is 2.46. The Morgan fingerprint density at radius 2 is 1.48 bits per heavy atom. The van der Waals surface area contributed by atoms with Crippen molar-refractivity contribution in [1.29, 1.82) is 0 Å². The molecule has 10 heteroatoms. The monoisotopic (exact) mass is 505 g/mol. The first kappa shape index (κ1) is 21.0. The number of methoxy groups -OCH3 is 3. The number of carbonyl (C=O) groups is 2. The van der Waals surface area contributed by atoms with E-state index in [0.717, 1.165) is 0 Å². The molecule has 0 saturated carbocycles. The number of carbonyl (C=O) groups excluding carboxylic acids is 2. The van der Waals surface area contributed by atoms with E-state index in [4.69, 9.17) is 4.74 Å². The Labute approximate surface area is 170 Å². The second-order valence-corrected chi connectivity index (χ2v) is 8.03. The van der Waals surface area contributed by atoms with E-state index >= 15 is 0 Å². The summed E-state index contributed by atoms with van der Waals surface area (Å²) in [5.74, 6) is -0.907. The number of sulfonamides is 1. The molecule has 0 bridgehead atoms. The number of nitrogens with one attached hydrogen (secondary N) is 1. The Kier molecular flexibility index (Phi) is 6.65. The van der Waals surface area contributed by atoms with Crippen LogP contribution in [-0.2, 0) is 19.5 Å². The van der Waals surface area contributed by atoms with Crippen LogP contribution >= 0.6 is 22.6 Å². The Bertz CT molecular complexity index is 955. The first-order valence-corrected chi connectivity index (χ1v) is 9.96. The molecule has 144 valence electrons. The second-order valence-electron chi connectivity index (χ2n) is 5.18. The van der Waals surface area contributed by atoms with Crippen LogP contribution in [0.4, 0.5) is 5.69 Å². The van der Waals surface area contributed by atoms with Crippen molar-refractivity contribution in [2.45, 2.75) is 4.90 Å². The molecular weight excluding hydrogens is 489 g/mol. The summed E-state index contributed by atoms with van der Waals surface area (Å²) in [6, 6.07) is 8.14. The number of anilines is 1. The van der Waals surface area contributed by atoms with Crippen molar-refractivity contribution < 1.29 is 32.2 Å². The topological polar surface area (TPSA) is 108 Å². The summed E-state index contributed by atoms with van der Waals surface area (Å²) in [7, 11) is -0.137. The van der Waals surface area contributed by atoms with Gasteiger partial charge in [0.05, 0.1) is 46.6 Å². The summed E-state index contributed by atoms with van der Waals surface area (Å²) in [5, 5.41) is 0. The summed E-state index contributed by atoms with van der Waals surface area (Å²) in [6.07, 6.45) is 0. The van der Waals surface area contributed by atoms with Crippen molar-refractivity contribution in [2.24, 2.45) is 0 Å². The van der Waals surface area contributed by atoms with Crippen LogP contribution < -0.4 is 9.46 Å². The lowest BCUT2D eigenvalue weighted by Crippen LogP contribution is -2.15. The first-order chi connectivity index (χ1) is 12.7. The maximum absolute atomic E-state index is 12.7. The lowest BCUT2D eigenvalue weighted by atomic mass is 10.1. The predicted molar refractivity (Wildman–Crippen MR) is 106 cm³/mol. The molecule has 0 spiro atoms. The number of hydrogen-bond donors (Lipinski definition) is 1. The highest BCUT2D eigenvalue weighted by Crippen LogP contribution is 2.26. The quantitative estimate of drug-likeness (QED) is 0.475. The molecule has 2 aromatic carbocycles. The van der Waals surface area contributed by atoms with E-state index in [1.807, 2.05) is 22.6 Å². The van der Waals surface area contributed by atoms with E-state index in [1.165, 1.54) is 57.7 Å². The Hall–Kier alpha value is -2.34. The van der Waals surface area contributed by atoms with Gasteiger partial charge in [-0.25, -0.2) is 18.0 Å². The fourth-order valence-corrected chi connectivity index (χ4v) is 4.20. The zero-order chi connectivity index (χ0) is 20.2. The first-order valence-electron chi connectivity index (χ1n) is 7.40. The molecule has 1 N–H and O–H groups in total. The van der Waals surface area contributed by atoms with Gasteiger partial charge < -0.3 is 14.2 Å². The number of hydrogen-bond acceptors (Lipinski definition) is 7. The third-order valence-electron chi connectivity index (χ3n) is 3.46. The van der Waals surface area contributed by atoms with Crippen LogP contribution in [0.2, 0.25) is 0 Å². The van der Waals surface area contributed by atoms with Gasteiger partial charge in [0.25, 0.3) is 10.0 Å². The lowest BCUT2D eigenvalue weighted by Gasteiger charge is -2.12. The molecule has 0 aliphatic carbocycles. The molecule has 0 aromatic heterocycles. The third kappa shape index (κ3) is 4.89. The normalized spacial score (nSPS) is 10.8. The van der Waals surface area contributed by atoms with Gasteiger partial charge >= 0.3 is 11.9 Å². The van der Waals surface area contributed by atoms with Crippen LogP contribution in [0, 0.1) is 3.57 Å². The summed E-state index contributed by atoms with van der Waals surface area (Å²) in [4.78, 5) is 23.6. The molecule has 0 amide bonds. The Morgan fingerprint density at radius 3 is 1.93 bits per heavy atom. The van der Waals surface area contributed by atoms with Crippen LogP contribution in [0.15, 0.2) is 41.3 Å². The van der Waals surface area contributed by atoms with E-state index in [-0.39, 0.29) is 21.7 Å². The van der Waals surface area contributed by atoms with E-state index < -0.39 is 22.0 Å². The maximum Gasteiger partial charge on any atom is 0.337 e. The van der Waals surface area contributed by atoms with Crippen molar-refractivity contribution in [3.63, 3.8) is 0 Å². The summed E-state index contributed by atoms with van der Waals surface area (Å²) >= 11 is 1.96. The minimum atomic E-state index is -3.97. The van der Waals surface area contributed by atoms with E-state index in [1.54, 1.807) is 0 Å². The highest BCUT2D eigenvalue weighted by Gasteiger charge is 2.19. The average molecular weight is 505 g/mol. The molecule has 0 fully saturated rings.